The van der Waals surface area contributed by atoms with E-state index < -0.39 is 0 Å². The number of hydrogen-bond acceptors (Lipinski definition) is 3. The van der Waals surface area contributed by atoms with E-state index in [1.165, 1.54) is 0 Å². The molecule has 4 heteroatoms. The van der Waals surface area contributed by atoms with Crippen LogP contribution in [0.4, 0.5) is 0 Å². The molecule has 0 aromatic carbocycles. The molecule has 0 aliphatic rings. The van der Waals surface area contributed by atoms with Gasteiger partial charge in [-0.1, -0.05) is 0 Å². The molecule has 0 saturated heterocycles. The van der Waals surface area contributed by atoms with E-state index in [4.69, 9.17) is 5.11 Å². The van der Waals surface area contributed by atoms with Gasteiger partial charge in [-0.15, -0.1) is 11.3 Å². The lowest BCUT2D eigenvalue weighted by atomic mass is 10.4. The van der Waals surface area contributed by atoms with E-state index in [-0.39, 0.29) is 6.61 Å². The molecule has 10 heavy (non-hydrogen) atoms. The predicted molar refractivity (Wildman–Crippen MR) is 45.3 cm³/mol. The van der Waals surface area contributed by atoms with Crippen LogP contribution in [-0.4, -0.2) is 16.7 Å². The van der Waals surface area contributed by atoms with Crippen molar-refractivity contribution in [2.75, 3.05) is 6.61 Å². The Bertz CT molecular complexity index is 224. The predicted octanol–water partition coefficient (Wildman–Crippen LogP) is 1.75. The SMILES string of the molecule is Cc1nc(Br)c(CCO)s1. The summed E-state index contributed by atoms with van der Waals surface area (Å²) in [6.07, 6.45) is 0.700. The first-order valence-corrected chi connectivity index (χ1v) is 4.57. The molecule has 0 aliphatic heterocycles. The van der Waals surface area contributed by atoms with Gasteiger partial charge in [-0.25, -0.2) is 4.98 Å². The summed E-state index contributed by atoms with van der Waals surface area (Å²) in [6, 6.07) is 0. The standard InChI is InChI=1S/C6H8BrNOS/c1-4-8-6(7)5(10-4)2-3-9/h9H,2-3H2,1H3. The van der Waals surface area contributed by atoms with Gasteiger partial charge in [-0.2, -0.15) is 0 Å². The summed E-state index contributed by atoms with van der Waals surface area (Å²) in [7, 11) is 0. The number of aryl methyl sites for hydroxylation is 1. The molecule has 0 amide bonds. The highest BCUT2D eigenvalue weighted by Crippen LogP contribution is 2.22. The third kappa shape index (κ3) is 1.78. The summed E-state index contributed by atoms with van der Waals surface area (Å²) >= 11 is 4.93. The Morgan fingerprint density at radius 2 is 2.40 bits per heavy atom. The van der Waals surface area contributed by atoms with Crippen molar-refractivity contribution in [1.29, 1.82) is 0 Å². The summed E-state index contributed by atoms with van der Waals surface area (Å²) in [5, 5.41) is 9.65. The van der Waals surface area contributed by atoms with Crippen LogP contribution in [0.15, 0.2) is 4.60 Å². The molecule has 0 saturated carbocycles. The summed E-state index contributed by atoms with van der Waals surface area (Å²) in [5.74, 6) is 0. The highest BCUT2D eigenvalue weighted by atomic mass is 79.9. The average Bonchev–Trinajstić information content (AvgIpc) is 2.13. The molecule has 0 atom stereocenters. The van der Waals surface area contributed by atoms with Crippen molar-refractivity contribution < 1.29 is 5.11 Å². The second-order valence-corrected chi connectivity index (χ2v) is 3.96. The zero-order valence-electron chi connectivity index (χ0n) is 5.59. The van der Waals surface area contributed by atoms with Crippen LogP contribution >= 0.6 is 27.3 Å². The minimum Gasteiger partial charge on any atom is -0.396 e. The summed E-state index contributed by atoms with van der Waals surface area (Å²) < 4.78 is 0.879. The molecule has 0 unspecified atom stereocenters. The lowest BCUT2D eigenvalue weighted by molar-refractivity contribution is 0.300. The van der Waals surface area contributed by atoms with E-state index in [1.807, 2.05) is 6.92 Å². The molecule has 56 valence electrons. The number of aliphatic hydroxyl groups excluding tert-OH is 1. The molecule has 1 aromatic heterocycles. The van der Waals surface area contributed by atoms with Crippen LogP contribution in [0, 0.1) is 6.92 Å². The van der Waals surface area contributed by atoms with Crippen molar-refractivity contribution in [2.45, 2.75) is 13.3 Å². The van der Waals surface area contributed by atoms with Gasteiger partial charge in [-0.3, -0.25) is 0 Å². The van der Waals surface area contributed by atoms with Gasteiger partial charge in [0, 0.05) is 17.9 Å². The van der Waals surface area contributed by atoms with Crippen LogP contribution in [0.2, 0.25) is 0 Å². The third-order valence-electron chi connectivity index (χ3n) is 1.10. The Kier molecular flexibility index (Phi) is 2.82. The second-order valence-electron chi connectivity index (χ2n) is 1.92. The maximum absolute atomic E-state index is 8.61. The van der Waals surface area contributed by atoms with Crippen molar-refractivity contribution in [1.82, 2.24) is 4.98 Å². The largest absolute Gasteiger partial charge is 0.396 e. The van der Waals surface area contributed by atoms with E-state index in [0.29, 0.717) is 6.42 Å². The lowest BCUT2D eigenvalue weighted by Crippen LogP contribution is -1.86. The zero-order valence-corrected chi connectivity index (χ0v) is 8.00. The minimum absolute atomic E-state index is 0.195. The minimum atomic E-state index is 0.195. The number of thiazole rings is 1. The molecule has 1 aromatic rings. The fourth-order valence-electron chi connectivity index (χ4n) is 0.700. The van der Waals surface area contributed by atoms with Gasteiger partial charge in [0.1, 0.15) is 4.60 Å². The molecule has 0 radical (unpaired) electrons. The maximum atomic E-state index is 8.61. The van der Waals surface area contributed by atoms with E-state index in [9.17, 15) is 0 Å². The Morgan fingerprint density at radius 3 is 2.80 bits per heavy atom. The smallest absolute Gasteiger partial charge is 0.120 e. The van der Waals surface area contributed by atoms with Crippen molar-refractivity contribution in [3.63, 3.8) is 0 Å². The molecule has 1 heterocycles. The van der Waals surface area contributed by atoms with Crippen molar-refractivity contribution >= 4 is 27.3 Å². The second kappa shape index (κ2) is 3.46. The highest BCUT2D eigenvalue weighted by molar-refractivity contribution is 9.10. The first-order valence-electron chi connectivity index (χ1n) is 2.96. The average molecular weight is 222 g/mol. The number of aromatic nitrogens is 1. The maximum Gasteiger partial charge on any atom is 0.120 e. The number of nitrogens with zero attached hydrogens (tertiary/aromatic N) is 1. The molecule has 0 aliphatic carbocycles. The molecule has 0 bridgehead atoms. The number of hydrogen-bond donors (Lipinski definition) is 1. The first-order chi connectivity index (χ1) is 4.74. The zero-order chi connectivity index (χ0) is 7.56. The van der Waals surface area contributed by atoms with Gasteiger partial charge in [0.2, 0.25) is 0 Å². The van der Waals surface area contributed by atoms with Crippen molar-refractivity contribution in [3.05, 3.63) is 14.5 Å². The molecular formula is C6H8BrNOS. The summed E-state index contributed by atoms with van der Waals surface area (Å²) in [4.78, 5) is 5.28. The van der Waals surface area contributed by atoms with Crippen LogP contribution in [0.25, 0.3) is 0 Å². The van der Waals surface area contributed by atoms with Gasteiger partial charge in [0.25, 0.3) is 0 Å². The summed E-state index contributed by atoms with van der Waals surface area (Å²) in [5.41, 5.74) is 0. The number of aliphatic hydroxyl groups is 1. The van der Waals surface area contributed by atoms with E-state index in [2.05, 4.69) is 20.9 Å². The van der Waals surface area contributed by atoms with Crippen LogP contribution in [0.3, 0.4) is 0 Å². The van der Waals surface area contributed by atoms with Crippen LogP contribution < -0.4 is 0 Å². The summed E-state index contributed by atoms with van der Waals surface area (Å²) in [6.45, 7) is 2.15. The molecule has 0 fully saturated rings. The fourth-order valence-corrected chi connectivity index (χ4v) is 2.34. The molecule has 1 N–H and O–H groups in total. The van der Waals surface area contributed by atoms with Gasteiger partial charge in [0.15, 0.2) is 0 Å². The van der Waals surface area contributed by atoms with Gasteiger partial charge in [0.05, 0.1) is 5.01 Å². The molecule has 1 rings (SSSR count). The normalized spacial score (nSPS) is 10.3. The molecular weight excluding hydrogens is 214 g/mol. The Labute approximate surface area is 72.0 Å². The van der Waals surface area contributed by atoms with E-state index in [0.717, 1.165) is 14.5 Å². The van der Waals surface area contributed by atoms with Gasteiger partial charge < -0.3 is 5.11 Å². The monoisotopic (exact) mass is 221 g/mol. The van der Waals surface area contributed by atoms with Gasteiger partial charge >= 0.3 is 0 Å². The Hall–Kier alpha value is 0.0700. The highest BCUT2D eigenvalue weighted by Gasteiger charge is 2.03. The Morgan fingerprint density at radius 1 is 1.70 bits per heavy atom. The van der Waals surface area contributed by atoms with Crippen molar-refractivity contribution in [2.24, 2.45) is 0 Å². The molecule has 2 nitrogen and oxygen atoms in total. The number of rotatable bonds is 2. The van der Waals surface area contributed by atoms with E-state index in [1.54, 1.807) is 11.3 Å². The van der Waals surface area contributed by atoms with Crippen molar-refractivity contribution in [3.8, 4) is 0 Å². The quantitative estimate of drug-likeness (QED) is 0.826. The fraction of sp³-hybridized carbons (Fsp3) is 0.500. The molecule has 0 spiro atoms. The number of halogens is 1. The van der Waals surface area contributed by atoms with E-state index >= 15 is 0 Å². The Balaban J connectivity index is 2.81. The lowest BCUT2D eigenvalue weighted by Gasteiger charge is -1.88. The van der Waals surface area contributed by atoms with Crippen LogP contribution in [0.5, 0.6) is 0 Å². The third-order valence-corrected chi connectivity index (χ3v) is 3.04. The van der Waals surface area contributed by atoms with Crippen LogP contribution in [0.1, 0.15) is 9.88 Å². The van der Waals surface area contributed by atoms with Gasteiger partial charge in [-0.05, 0) is 22.9 Å². The first kappa shape index (κ1) is 8.17. The topological polar surface area (TPSA) is 33.1 Å². The van der Waals surface area contributed by atoms with Crippen LogP contribution in [-0.2, 0) is 6.42 Å².